The van der Waals surface area contributed by atoms with Crippen molar-refractivity contribution in [2.75, 3.05) is 0 Å². The molecule has 2 rings (SSSR count). The van der Waals surface area contributed by atoms with E-state index in [1.54, 1.807) is 0 Å². The van der Waals surface area contributed by atoms with Crippen molar-refractivity contribution in [3.05, 3.63) is 22.2 Å². The smallest absolute Gasteiger partial charge is 0.297 e. The average molecular weight is 152 g/mol. The van der Waals surface area contributed by atoms with Crippen molar-refractivity contribution in [3.8, 4) is 0 Å². The van der Waals surface area contributed by atoms with Crippen LogP contribution in [0.2, 0.25) is 0 Å². The Morgan fingerprint density at radius 1 is 1.70 bits per heavy atom. The molecule has 2 aromatic heterocycles. The summed E-state index contributed by atoms with van der Waals surface area (Å²) in [4.78, 5) is 20.5. The van der Waals surface area contributed by atoms with Gasteiger partial charge in [-0.1, -0.05) is 11.3 Å². The molecular weight excluding hydrogens is 150 g/mol. The molecule has 2 heterocycles. The van der Waals surface area contributed by atoms with E-state index in [0.717, 1.165) is 11.3 Å². The highest BCUT2D eigenvalue weighted by molar-refractivity contribution is 7.16. The molecule has 0 aromatic carbocycles. The van der Waals surface area contributed by atoms with Crippen LogP contribution < -0.4 is 4.87 Å². The zero-order chi connectivity index (χ0) is 6.97. The van der Waals surface area contributed by atoms with Gasteiger partial charge in [0.25, 0.3) is 0 Å². The Balaban J connectivity index is 3.01. The third-order valence-corrected chi connectivity index (χ3v) is 1.82. The maximum atomic E-state index is 10.7. The number of nitrogens with zero attached hydrogens (tertiary/aromatic N) is 2. The number of rotatable bonds is 0. The van der Waals surface area contributed by atoms with Gasteiger partial charge in [-0.25, -0.2) is 9.97 Å². The van der Waals surface area contributed by atoms with Crippen molar-refractivity contribution in [1.82, 2.24) is 15.0 Å². The standard InChI is InChI=1S/C5H2N3OS/c9-5-8-4-3(10-5)1-6-2-7-4/h2H,(H,6,7,8,9). The second-order valence-electron chi connectivity index (χ2n) is 1.68. The number of H-pyrrole nitrogens is 1. The fourth-order valence-electron chi connectivity index (χ4n) is 0.661. The zero-order valence-electron chi connectivity index (χ0n) is 4.79. The first-order chi connectivity index (χ1) is 4.86. The van der Waals surface area contributed by atoms with E-state index in [1.165, 1.54) is 6.33 Å². The summed E-state index contributed by atoms with van der Waals surface area (Å²) in [5.74, 6) is 0. The number of fused-ring (bicyclic) bond motifs is 1. The van der Waals surface area contributed by atoms with E-state index in [-0.39, 0.29) is 4.87 Å². The van der Waals surface area contributed by atoms with Gasteiger partial charge in [0.2, 0.25) is 0 Å². The normalized spacial score (nSPS) is 10.4. The number of hydrogen-bond donors (Lipinski definition) is 1. The molecular formula is C5H2N3OS. The number of hydrogen-bond acceptors (Lipinski definition) is 4. The molecule has 49 valence electrons. The number of aromatic nitrogens is 3. The lowest BCUT2D eigenvalue weighted by atomic mass is 10.6. The second-order valence-corrected chi connectivity index (χ2v) is 2.66. The van der Waals surface area contributed by atoms with Crippen molar-refractivity contribution in [2.45, 2.75) is 0 Å². The summed E-state index contributed by atoms with van der Waals surface area (Å²) < 4.78 is 0.674. The average Bonchev–Trinajstić information content (AvgIpc) is 2.27. The van der Waals surface area contributed by atoms with Gasteiger partial charge in [0.1, 0.15) is 17.2 Å². The predicted octanol–water partition coefficient (Wildman–Crippen LogP) is 0.180. The molecule has 0 amide bonds. The van der Waals surface area contributed by atoms with Gasteiger partial charge < -0.3 is 0 Å². The molecule has 4 nitrogen and oxygen atoms in total. The van der Waals surface area contributed by atoms with Gasteiger partial charge in [0, 0.05) is 0 Å². The molecule has 1 radical (unpaired) electrons. The highest BCUT2D eigenvalue weighted by Crippen LogP contribution is 2.06. The first-order valence-corrected chi connectivity index (χ1v) is 3.39. The van der Waals surface area contributed by atoms with Gasteiger partial charge in [-0.15, -0.1) is 0 Å². The monoisotopic (exact) mass is 152 g/mol. The van der Waals surface area contributed by atoms with Crippen LogP contribution in [0.5, 0.6) is 0 Å². The van der Waals surface area contributed by atoms with Crippen LogP contribution in [0.3, 0.4) is 0 Å². The fraction of sp³-hybridized carbons (Fsp3) is 0. The molecule has 0 saturated carbocycles. The van der Waals surface area contributed by atoms with Gasteiger partial charge >= 0.3 is 4.87 Å². The summed E-state index contributed by atoms with van der Waals surface area (Å²) in [7, 11) is 0. The minimum atomic E-state index is -0.119. The Bertz CT molecular complexity index is 368. The maximum Gasteiger partial charge on any atom is 0.306 e. The van der Waals surface area contributed by atoms with E-state index in [1.807, 2.05) is 0 Å². The topological polar surface area (TPSA) is 58.6 Å². The predicted molar refractivity (Wildman–Crippen MR) is 36.9 cm³/mol. The van der Waals surface area contributed by atoms with E-state index < -0.39 is 0 Å². The van der Waals surface area contributed by atoms with Crippen LogP contribution in [-0.4, -0.2) is 15.0 Å². The Morgan fingerprint density at radius 2 is 2.60 bits per heavy atom. The molecule has 0 bridgehead atoms. The summed E-state index contributed by atoms with van der Waals surface area (Å²) >= 11 is 1.06. The van der Waals surface area contributed by atoms with E-state index >= 15 is 0 Å². The van der Waals surface area contributed by atoms with Crippen LogP contribution in [0.15, 0.2) is 11.1 Å². The van der Waals surface area contributed by atoms with Crippen LogP contribution in [-0.2, 0) is 0 Å². The van der Waals surface area contributed by atoms with Crippen molar-refractivity contribution in [1.29, 1.82) is 0 Å². The van der Waals surface area contributed by atoms with E-state index in [9.17, 15) is 4.79 Å². The second kappa shape index (κ2) is 1.88. The molecule has 0 saturated heterocycles. The molecule has 2 aromatic rings. The summed E-state index contributed by atoms with van der Waals surface area (Å²) in [6.07, 6.45) is 4.00. The van der Waals surface area contributed by atoms with Gasteiger partial charge in [0.15, 0.2) is 5.65 Å². The SMILES string of the molecule is O=c1[nH]c2ncn[c]c2s1. The summed E-state index contributed by atoms with van der Waals surface area (Å²) in [5, 5.41) is 0. The van der Waals surface area contributed by atoms with Crippen LogP contribution >= 0.6 is 11.3 Å². The van der Waals surface area contributed by atoms with Crippen LogP contribution in [0, 0.1) is 6.20 Å². The minimum absolute atomic E-state index is 0.119. The molecule has 0 spiro atoms. The van der Waals surface area contributed by atoms with Crippen LogP contribution in [0.25, 0.3) is 10.3 Å². The fourth-order valence-corrected chi connectivity index (χ4v) is 1.29. The third-order valence-electron chi connectivity index (χ3n) is 1.04. The molecule has 0 atom stereocenters. The van der Waals surface area contributed by atoms with Gasteiger partial charge in [-0.05, 0) is 0 Å². The highest BCUT2D eigenvalue weighted by atomic mass is 32.1. The first kappa shape index (κ1) is 5.55. The van der Waals surface area contributed by atoms with E-state index in [4.69, 9.17) is 0 Å². The number of aromatic amines is 1. The van der Waals surface area contributed by atoms with Crippen molar-refractivity contribution in [2.24, 2.45) is 0 Å². The maximum absolute atomic E-state index is 10.7. The molecule has 10 heavy (non-hydrogen) atoms. The minimum Gasteiger partial charge on any atom is -0.297 e. The summed E-state index contributed by atoms with van der Waals surface area (Å²) in [6.45, 7) is 0. The van der Waals surface area contributed by atoms with Crippen molar-refractivity contribution >= 4 is 21.7 Å². The molecule has 1 N–H and O–H groups in total. The highest BCUT2D eigenvalue weighted by Gasteiger charge is 1.97. The van der Waals surface area contributed by atoms with Gasteiger partial charge in [0.05, 0.1) is 0 Å². The first-order valence-electron chi connectivity index (χ1n) is 2.58. The lowest BCUT2D eigenvalue weighted by Crippen LogP contribution is -1.90. The Kier molecular flexibility index (Phi) is 1.04. The number of nitrogens with one attached hydrogen (secondary N) is 1. The largest absolute Gasteiger partial charge is 0.306 e. The molecule has 5 heteroatoms. The quantitative estimate of drug-likeness (QED) is 0.585. The van der Waals surface area contributed by atoms with Crippen LogP contribution in [0.1, 0.15) is 0 Å². The van der Waals surface area contributed by atoms with Gasteiger partial charge in [-0.3, -0.25) is 9.78 Å². The Labute approximate surface area is 59.6 Å². The van der Waals surface area contributed by atoms with Crippen molar-refractivity contribution in [3.63, 3.8) is 0 Å². The van der Waals surface area contributed by atoms with Gasteiger partial charge in [-0.2, -0.15) is 0 Å². The van der Waals surface area contributed by atoms with Crippen LogP contribution in [0.4, 0.5) is 0 Å². The Hall–Kier alpha value is -1.23. The molecule has 0 fully saturated rings. The molecule has 0 aliphatic heterocycles. The zero-order valence-corrected chi connectivity index (χ0v) is 5.60. The van der Waals surface area contributed by atoms with Crippen molar-refractivity contribution < 1.29 is 0 Å². The molecule has 0 aliphatic rings. The molecule has 0 unspecified atom stereocenters. The molecule has 0 aliphatic carbocycles. The van der Waals surface area contributed by atoms with E-state index in [0.29, 0.717) is 10.3 Å². The van der Waals surface area contributed by atoms with E-state index in [2.05, 4.69) is 21.1 Å². The third kappa shape index (κ3) is 0.714. The summed E-state index contributed by atoms with van der Waals surface area (Å²) in [6, 6.07) is 0. The lowest BCUT2D eigenvalue weighted by molar-refractivity contribution is 1.18. The lowest BCUT2D eigenvalue weighted by Gasteiger charge is -1.79. The summed E-state index contributed by atoms with van der Waals surface area (Å²) in [5.41, 5.74) is 0.560. The Morgan fingerprint density at radius 3 is 3.40 bits per heavy atom. The number of thiazole rings is 1.